The summed E-state index contributed by atoms with van der Waals surface area (Å²) in [5.74, 6) is 0.920. The molecule has 0 heterocycles. The van der Waals surface area contributed by atoms with Gasteiger partial charge in [-0.2, -0.15) is 0 Å². The highest BCUT2D eigenvalue weighted by Crippen LogP contribution is 2.49. The van der Waals surface area contributed by atoms with Gasteiger partial charge in [0, 0.05) is 12.0 Å². The Hall–Kier alpha value is -2.07. The normalized spacial score (nSPS) is 24.6. The van der Waals surface area contributed by atoms with Gasteiger partial charge in [-0.15, -0.1) is 0 Å². The summed E-state index contributed by atoms with van der Waals surface area (Å²) < 4.78 is 10.9. The van der Waals surface area contributed by atoms with E-state index in [2.05, 4.69) is 6.08 Å². The molecule has 0 aliphatic heterocycles. The van der Waals surface area contributed by atoms with Crippen LogP contribution < -0.4 is 4.74 Å². The molecule has 22 heavy (non-hydrogen) atoms. The number of carboxylic acids is 1. The van der Waals surface area contributed by atoms with Crippen LogP contribution in [0.4, 0.5) is 0 Å². The zero-order valence-corrected chi connectivity index (χ0v) is 12.6. The molecule has 0 amide bonds. The van der Waals surface area contributed by atoms with Crippen molar-refractivity contribution >= 4 is 5.97 Å². The molecule has 2 aliphatic rings. The number of allylic oxidation sites excluding steroid dienone is 2. The number of aliphatic carboxylic acids is 1. The second-order valence-electron chi connectivity index (χ2n) is 5.92. The summed E-state index contributed by atoms with van der Waals surface area (Å²) in [6.45, 7) is 1.20. The van der Waals surface area contributed by atoms with Gasteiger partial charge in [0.25, 0.3) is 0 Å². The van der Waals surface area contributed by atoms with Crippen molar-refractivity contribution in [3.63, 3.8) is 0 Å². The standard InChI is InChI=1S/C18H20O4/c1-21-16-4-2-12(3-5-16)10-22-11-13-6-14-8-15(9-18(19)20)17(14)7-13/h2-5,7,9,14,17H,6,8,10-11H2,1H3,(H,19,20)/b15-9-/t14-,17-/m0/s1. The van der Waals surface area contributed by atoms with E-state index in [9.17, 15) is 4.79 Å². The van der Waals surface area contributed by atoms with E-state index >= 15 is 0 Å². The predicted octanol–water partition coefficient (Wildman–Crippen LogP) is 3.19. The maximum Gasteiger partial charge on any atom is 0.328 e. The molecule has 2 aliphatic carbocycles. The van der Waals surface area contributed by atoms with E-state index in [0.717, 1.165) is 29.7 Å². The predicted molar refractivity (Wildman–Crippen MR) is 82.7 cm³/mol. The Balaban J connectivity index is 1.48. The molecule has 2 atom stereocenters. The molecule has 0 radical (unpaired) electrons. The van der Waals surface area contributed by atoms with Crippen LogP contribution in [0.3, 0.4) is 0 Å². The average molecular weight is 300 g/mol. The van der Waals surface area contributed by atoms with Gasteiger partial charge in [0.05, 0.1) is 20.3 Å². The molecule has 0 saturated heterocycles. The molecule has 1 fully saturated rings. The first-order valence-corrected chi connectivity index (χ1v) is 7.49. The van der Waals surface area contributed by atoms with Crippen LogP contribution in [-0.2, 0) is 16.1 Å². The summed E-state index contributed by atoms with van der Waals surface area (Å²) in [6.07, 6.45) is 5.50. The maximum atomic E-state index is 10.7. The lowest BCUT2D eigenvalue weighted by Gasteiger charge is -2.33. The van der Waals surface area contributed by atoms with Crippen LogP contribution in [0.25, 0.3) is 0 Å². The number of carboxylic acid groups (broad SMARTS) is 1. The lowest BCUT2D eigenvalue weighted by Crippen LogP contribution is -2.24. The minimum atomic E-state index is -0.842. The topological polar surface area (TPSA) is 55.8 Å². The Morgan fingerprint density at radius 2 is 2.05 bits per heavy atom. The second-order valence-corrected chi connectivity index (χ2v) is 5.92. The van der Waals surface area contributed by atoms with Gasteiger partial charge in [-0.05, 0) is 42.0 Å². The largest absolute Gasteiger partial charge is 0.497 e. The highest BCUT2D eigenvalue weighted by molar-refractivity contribution is 5.81. The van der Waals surface area contributed by atoms with Crippen molar-refractivity contribution in [1.29, 1.82) is 0 Å². The number of rotatable bonds is 6. The first-order valence-electron chi connectivity index (χ1n) is 7.49. The van der Waals surface area contributed by atoms with Crippen molar-refractivity contribution in [3.8, 4) is 5.75 Å². The van der Waals surface area contributed by atoms with E-state index in [4.69, 9.17) is 14.6 Å². The van der Waals surface area contributed by atoms with Crippen molar-refractivity contribution in [3.05, 3.63) is 53.1 Å². The van der Waals surface area contributed by atoms with Crippen LogP contribution in [0.5, 0.6) is 5.75 Å². The Bertz CT molecular complexity index is 612. The molecule has 3 rings (SSSR count). The third-order valence-corrected chi connectivity index (χ3v) is 4.40. The van der Waals surface area contributed by atoms with Gasteiger partial charge in [0.15, 0.2) is 0 Å². The Labute approximate surface area is 130 Å². The third-order valence-electron chi connectivity index (χ3n) is 4.40. The summed E-state index contributed by atoms with van der Waals surface area (Å²) in [4.78, 5) is 10.7. The van der Waals surface area contributed by atoms with Crippen molar-refractivity contribution in [2.75, 3.05) is 13.7 Å². The molecule has 1 N–H and O–H groups in total. The van der Waals surface area contributed by atoms with Crippen LogP contribution in [0.1, 0.15) is 18.4 Å². The average Bonchev–Trinajstić information content (AvgIpc) is 2.82. The van der Waals surface area contributed by atoms with Crippen molar-refractivity contribution in [1.82, 2.24) is 0 Å². The van der Waals surface area contributed by atoms with E-state index < -0.39 is 5.97 Å². The minimum absolute atomic E-state index is 0.329. The fraction of sp³-hybridized carbons (Fsp3) is 0.389. The number of fused-ring (bicyclic) bond motifs is 1. The summed E-state index contributed by atoms with van der Waals surface area (Å²) in [6, 6.07) is 7.85. The number of hydrogen-bond donors (Lipinski definition) is 1. The first-order chi connectivity index (χ1) is 10.7. The molecule has 0 bridgehead atoms. The lowest BCUT2D eigenvalue weighted by atomic mass is 9.71. The van der Waals surface area contributed by atoms with Gasteiger partial charge in [-0.1, -0.05) is 23.8 Å². The van der Waals surface area contributed by atoms with Gasteiger partial charge in [0.1, 0.15) is 5.75 Å². The van der Waals surface area contributed by atoms with E-state index in [-0.39, 0.29) is 0 Å². The number of ether oxygens (including phenoxy) is 2. The Morgan fingerprint density at radius 1 is 1.27 bits per heavy atom. The van der Waals surface area contributed by atoms with Gasteiger partial charge in [-0.3, -0.25) is 0 Å². The van der Waals surface area contributed by atoms with E-state index in [1.54, 1.807) is 7.11 Å². The van der Waals surface area contributed by atoms with Gasteiger partial charge < -0.3 is 14.6 Å². The van der Waals surface area contributed by atoms with Crippen molar-refractivity contribution < 1.29 is 19.4 Å². The Kier molecular flexibility index (Phi) is 4.29. The molecule has 0 spiro atoms. The number of benzene rings is 1. The molecule has 1 aromatic carbocycles. The third kappa shape index (κ3) is 3.22. The second kappa shape index (κ2) is 6.36. The number of hydrogen-bond acceptors (Lipinski definition) is 3. The zero-order valence-electron chi connectivity index (χ0n) is 12.6. The van der Waals surface area contributed by atoms with E-state index in [1.165, 1.54) is 11.6 Å². The van der Waals surface area contributed by atoms with E-state index in [1.807, 2.05) is 24.3 Å². The monoisotopic (exact) mass is 300 g/mol. The van der Waals surface area contributed by atoms with Gasteiger partial charge >= 0.3 is 5.97 Å². The Morgan fingerprint density at radius 3 is 2.73 bits per heavy atom. The van der Waals surface area contributed by atoms with E-state index in [0.29, 0.717) is 25.0 Å². The van der Waals surface area contributed by atoms with Crippen LogP contribution in [0.2, 0.25) is 0 Å². The van der Waals surface area contributed by atoms with Crippen LogP contribution >= 0.6 is 0 Å². The highest BCUT2D eigenvalue weighted by Gasteiger charge is 2.39. The first kappa shape index (κ1) is 14.9. The summed E-state index contributed by atoms with van der Waals surface area (Å²) in [5.41, 5.74) is 3.45. The molecule has 4 heteroatoms. The quantitative estimate of drug-likeness (QED) is 0.647. The maximum absolute atomic E-state index is 10.7. The fourth-order valence-corrected chi connectivity index (χ4v) is 3.25. The van der Waals surface area contributed by atoms with Crippen LogP contribution in [0.15, 0.2) is 47.6 Å². The SMILES string of the molecule is COc1ccc(COCC2=C[C@@H]3/C(=C\C(=O)O)C[C@@H]3C2)cc1. The molecular formula is C18H20O4. The number of methoxy groups -OCH3 is 1. The lowest BCUT2D eigenvalue weighted by molar-refractivity contribution is -0.131. The summed E-state index contributed by atoms with van der Waals surface area (Å²) >= 11 is 0. The highest BCUT2D eigenvalue weighted by atomic mass is 16.5. The molecule has 1 saturated carbocycles. The van der Waals surface area contributed by atoms with Gasteiger partial charge in [-0.25, -0.2) is 4.79 Å². The van der Waals surface area contributed by atoms with Crippen LogP contribution in [0, 0.1) is 11.8 Å². The molecular weight excluding hydrogens is 280 g/mol. The fourth-order valence-electron chi connectivity index (χ4n) is 3.25. The molecule has 1 aromatic rings. The molecule has 0 aromatic heterocycles. The van der Waals surface area contributed by atoms with Gasteiger partial charge in [0.2, 0.25) is 0 Å². The van der Waals surface area contributed by atoms with Crippen molar-refractivity contribution in [2.24, 2.45) is 11.8 Å². The molecule has 0 unspecified atom stereocenters. The zero-order chi connectivity index (χ0) is 15.5. The molecule has 116 valence electrons. The smallest absolute Gasteiger partial charge is 0.328 e. The van der Waals surface area contributed by atoms with Crippen LogP contribution in [-0.4, -0.2) is 24.8 Å². The minimum Gasteiger partial charge on any atom is -0.497 e. The number of carbonyl (C=O) groups is 1. The summed E-state index contributed by atoms with van der Waals surface area (Å²) in [5, 5.41) is 8.81. The van der Waals surface area contributed by atoms with Crippen molar-refractivity contribution in [2.45, 2.75) is 19.4 Å². The molecule has 4 nitrogen and oxygen atoms in total. The summed E-state index contributed by atoms with van der Waals surface area (Å²) in [7, 11) is 1.65.